The Bertz CT molecular complexity index is 273. The summed E-state index contributed by atoms with van der Waals surface area (Å²) >= 11 is 0. The summed E-state index contributed by atoms with van der Waals surface area (Å²) in [4.78, 5) is 0. The predicted molar refractivity (Wildman–Crippen MR) is 61.1 cm³/mol. The maximum atomic E-state index is 11.5. The molecule has 92 valence electrons. The summed E-state index contributed by atoms with van der Waals surface area (Å²) in [5.74, 6) is -0.0331. The molecule has 0 spiro atoms. The molecule has 15 heavy (non-hydrogen) atoms. The quantitative estimate of drug-likeness (QED) is 0.657. The Morgan fingerprint density at radius 3 is 2.33 bits per heavy atom. The van der Waals surface area contributed by atoms with Gasteiger partial charge in [-0.25, -0.2) is 13.1 Å². The second-order valence-corrected chi connectivity index (χ2v) is 6.27. The number of ether oxygens (including phenoxy) is 1. The first-order valence-electron chi connectivity index (χ1n) is 5.02. The average molecular weight is 238 g/mol. The number of rotatable bonds is 7. The van der Waals surface area contributed by atoms with Crippen molar-refractivity contribution < 1.29 is 13.2 Å². The maximum absolute atomic E-state index is 11.5. The Labute approximate surface area is 92.4 Å². The van der Waals surface area contributed by atoms with E-state index in [1.165, 1.54) is 0 Å². The van der Waals surface area contributed by atoms with Gasteiger partial charge in [-0.1, -0.05) is 0 Å². The molecule has 0 bridgehead atoms. The second kappa shape index (κ2) is 5.79. The van der Waals surface area contributed by atoms with Crippen molar-refractivity contribution in [1.82, 2.24) is 4.72 Å². The van der Waals surface area contributed by atoms with E-state index in [-0.39, 0.29) is 25.0 Å². The number of hydrogen-bond donors (Lipinski definition) is 2. The van der Waals surface area contributed by atoms with Crippen LogP contribution in [-0.4, -0.2) is 39.0 Å². The topological polar surface area (TPSA) is 81.4 Å². The number of nitrogens with one attached hydrogen (secondary N) is 1. The van der Waals surface area contributed by atoms with Gasteiger partial charge in [0.05, 0.1) is 18.5 Å². The van der Waals surface area contributed by atoms with Crippen molar-refractivity contribution in [3.05, 3.63) is 0 Å². The molecule has 0 unspecified atom stereocenters. The molecule has 0 rings (SSSR count). The van der Waals surface area contributed by atoms with E-state index in [1.54, 1.807) is 13.8 Å². The molecule has 0 aliphatic rings. The fraction of sp³-hybridized carbons (Fsp3) is 1.00. The van der Waals surface area contributed by atoms with E-state index < -0.39 is 15.6 Å². The number of nitrogens with two attached hydrogens (primary N) is 1. The SMILES string of the molecule is CC(C)OCCS(=O)(=O)NC(C)(C)CN. The summed E-state index contributed by atoms with van der Waals surface area (Å²) in [5.41, 5.74) is 4.83. The van der Waals surface area contributed by atoms with Gasteiger partial charge in [-0.05, 0) is 27.7 Å². The van der Waals surface area contributed by atoms with Crippen LogP contribution in [-0.2, 0) is 14.8 Å². The Morgan fingerprint density at radius 1 is 1.40 bits per heavy atom. The molecule has 0 amide bonds. The Balaban J connectivity index is 4.09. The summed E-state index contributed by atoms with van der Waals surface area (Å²) < 4.78 is 30.8. The van der Waals surface area contributed by atoms with Crippen LogP contribution in [0.1, 0.15) is 27.7 Å². The summed E-state index contributed by atoms with van der Waals surface area (Å²) in [6.07, 6.45) is 0.0442. The van der Waals surface area contributed by atoms with Crippen LogP contribution in [0.25, 0.3) is 0 Å². The number of sulfonamides is 1. The predicted octanol–water partition coefficient (Wildman–Crippen LogP) is 0.0681. The summed E-state index contributed by atoms with van der Waals surface area (Å²) in [6, 6.07) is 0. The lowest BCUT2D eigenvalue weighted by Gasteiger charge is -2.23. The van der Waals surface area contributed by atoms with E-state index in [9.17, 15) is 8.42 Å². The van der Waals surface area contributed by atoms with E-state index in [1.807, 2.05) is 13.8 Å². The summed E-state index contributed by atoms with van der Waals surface area (Å²) in [6.45, 7) is 7.68. The van der Waals surface area contributed by atoms with Gasteiger partial charge in [-0.3, -0.25) is 0 Å². The molecule has 0 fully saturated rings. The van der Waals surface area contributed by atoms with Gasteiger partial charge in [0.15, 0.2) is 0 Å². The Kier molecular flexibility index (Phi) is 5.72. The summed E-state index contributed by atoms with van der Waals surface area (Å²) in [5, 5.41) is 0. The van der Waals surface area contributed by atoms with Gasteiger partial charge in [0, 0.05) is 12.1 Å². The van der Waals surface area contributed by atoms with Crippen molar-refractivity contribution in [2.45, 2.75) is 39.3 Å². The smallest absolute Gasteiger partial charge is 0.214 e. The van der Waals surface area contributed by atoms with Crippen molar-refractivity contribution in [3.8, 4) is 0 Å². The highest BCUT2D eigenvalue weighted by molar-refractivity contribution is 7.89. The van der Waals surface area contributed by atoms with Gasteiger partial charge >= 0.3 is 0 Å². The van der Waals surface area contributed by atoms with Crippen LogP contribution in [0.5, 0.6) is 0 Å². The van der Waals surface area contributed by atoms with Gasteiger partial charge < -0.3 is 10.5 Å². The van der Waals surface area contributed by atoms with Gasteiger partial charge in [-0.2, -0.15) is 0 Å². The lowest BCUT2D eigenvalue weighted by Crippen LogP contribution is -2.49. The third kappa shape index (κ3) is 7.72. The van der Waals surface area contributed by atoms with Crippen molar-refractivity contribution in [2.75, 3.05) is 18.9 Å². The molecule has 0 heterocycles. The Hall–Kier alpha value is -0.170. The van der Waals surface area contributed by atoms with Crippen LogP contribution in [0.4, 0.5) is 0 Å². The van der Waals surface area contributed by atoms with Crippen molar-refractivity contribution in [2.24, 2.45) is 5.73 Å². The molecule has 0 radical (unpaired) electrons. The average Bonchev–Trinajstić information content (AvgIpc) is 2.01. The largest absolute Gasteiger partial charge is 0.378 e. The third-order valence-electron chi connectivity index (χ3n) is 1.75. The zero-order valence-corrected chi connectivity index (χ0v) is 10.7. The molecule has 6 heteroatoms. The van der Waals surface area contributed by atoms with Crippen LogP contribution in [0.3, 0.4) is 0 Å². The second-order valence-electron chi connectivity index (χ2n) is 4.43. The highest BCUT2D eigenvalue weighted by Gasteiger charge is 2.22. The molecule has 0 aromatic carbocycles. The molecule has 3 N–H and O–H groups in total. The highest BCUT2D eigenvalue weighted by Crippen LogP contribution is 2.02. The van der Waals surface area contributed by atoms with Gasteiger partial charge in [-0.15, -0.1) is 0 Å². The fourth-order valence-corrected chi connectivity index (χ4v) is 2.25. The van der Waals surface area contributed by atoms with E-state index in [0.29, 0.717) is 0 Å². The van der Waals surface area contributed by atoms with Crippen LogP contribution in [0, 0.1) is 0 Å². The molecule has 0 atom stereocenters. The molecular weight excluding hydrogens is 216 g/mol. The third-order valence-corrected chi connectivity index (χ3v) is 3.31. The normalized spacial score (nSPS) is 13.5. The first-order chi connectivity index (χ1) is 6.68. The molecule has 0 aromatic rings. The Morgan fingerprint density at radius 2 is 1.93 bits per heavy atom. The van der Waals surface area contributed by atoms with Crippen molar-refractivity contribution >= 4 is 10.0 Å². The lowest BCUT2D eigenvalue weighted by atomic mass is 10.1. The zero-order chi connectivity index (χ0) is 12.1. The minimum atomic E-state index is -3.30. The summed E-state index contributed by atoms with van der Waals surface area (Å²) in [7, 11) is -3.30. The molecular formula is C9H22N2O3S. The molecule has 0 aliphatic carbocycles. The first-order valence-corrected chi connectivity index (χ1v) is 6.67. The molecule has 0 saturated carbocycles. The monoisotopic (exact) mass is 238 g/mol. The van der Waals surface area contributed by atoms with Crippen LogP contribution < -0.4 is 10.5 Å². The van der Waals surface area contributed by atoms with E-state index in [4.69, 9.17) is 10.5 Å². The molecule has 5 nitrogen and oxygen atoms in total. The lowest BCUT2D eigenvalue weighted by molar-refractivity contribution is 0.0911. The van der Waals surface area contributed by atoms with E-state index in [0.717, 1.165) is 0 Å². The minimum absolute atomic E-state index is 0.0331. The van der Waals surface area contributed by atoms with Crippen LogP contribution in [0.15, 0.2) is 0 Å². The first kappa shape index (κ1) is 14.8. The zero-order valence-electron chi connectivity index (χ0n) is 9.91. The molecule has 0 aliphatic heterocycles. The minimum Gasteiger partial charge on any atom is -0.378 e. The maximum Gasteiger partial charge on any atom is 0.214 e. The fourth-order valence-electron chi connectivity index (χ4n) is 0.907. The van der Waals surface area contributed by atoms with Crippen molar-refractivity contribution in [1.29, 1.82) is 0 Å². The van der Waals surface area contributed by atoms with Gasteiger partial charge in [0.1, 0.15) is 0 Å². The van der Waals surface area contributed by atoms with Crippen LogP contribution in [0.2, 0.25) is 0 Å². The standard InChI is InChI=1S/C9H22N2O3S/c1-8(2)14-5-6-15(12,13)11-9(3,4)7-10/h8,11H,5-7,10H2,1-4H3. The molecule has 0 aromatic heterocycles. The number of hydrogen-bond acceptors (Lipinski definition) is 4. The van der Waals surface area contributed by atoms with Crippen LogP contribution >= 0.6 is 0 Å². The van der Waals surface area contributed by atoms with Crippen molar-refractivity contribution in [3.63, 3.8) is 0 Å². The van der Waals surface area contributed by atoms with Gasteiger partial charge in [0.2, 0.25) is 10.0 Å². The highest BCUT2D eigenvalue weighted by atomic mass is 32.2. The van der Waals surface area contributed by atoms with Gasteiger partial charge in [0.25, 0.3) is 0 Å². The van der Waals surface area contributed by atoms with E-state index >= 15 is 0 Å². The molecule has 0 saturated heterocycles. The van der Waals surface area contributed by atoms with E-state index in [2.05, 4.69) is 4.72 Å².